The molecule has 2 aliphatic rings. The van der Waals surface area contributed by atoms with Crippen LogP contribution in [-0.2, 0) is 16.0 Å². The summed E-state index contributed by atoms with van der Waals surface area (Å²) in [5, 5.41) is 16.4. The molecule has 9 heteroatoms. The normalized spacial score (nSPS) is 20.0. The van der Waals surface area contributed by atoms with Crippen molar-refractivity contribution in [2.75, 3.05) is 25.0 Å². The highest BCUT2D eigenvalue weighted by molar-refractivity contribution is 7.99. The Morgan fingerprint density at radius 1 is 1.31 bits per heavy atom. The smallest absolute Gasteiger partial charge is 0.306 e. The molecule has 0 radical (unpaired) electrons. The first-order valence-electron chi connectivity index (χ1n) is 11.2. The van der Waals surface area contributed by atoms with Gasteiger partial charge in [0.2, 0.25) is 5.91 Å². The molecule has 8 nitrogen and oxygen atoms in total. The average molecular weight is 456 g/mol. The maximum Gasteiger partial charge on any atom is 0.306 e. The Balaban J connectivity index is 1.22. The van der Waals surface area contributed by atoms with Gasteiger partial charge in [0.25, 0.3) is 0 Å². The molecular formula is C23H29N5O3S. The second-order valence-corrected chi connectivity index (χ2v) is 9.34. The van der Waals surface area contributed by atoms with Crippen LogP contribution in [0.2, 0.25) is 0 Å². The number of fused-ring (bicyclic) bond motifs is 2. The van der Waals surface area contributed by atoms with Crippen molar-refractivity contribution in [3.8, 4) is 0 Å². The lowest BCUT2D eigenvalue weighted by Crippen LogP contribution is -2.45. The van der Waals surface area contributed by atoms with Crippen molar-refractivity contribution >= 4 is 35.1 Å². The summed E-state index contributed by atoms with van der Waals surface area (Å²) in [5.41, 5.74) is 1.90. The number of aliphatic carboxylic acids is 1. The fourth-order valence-corrected chi connectivity index (χ4v) is 5.27. The van der Waals surface area contributed by atoms with E-state index < -0.39 is 5.97 Å². The average Bonchev–Trinajstić information content (AvgIpc) is 2.80. The van der Waals surface area contributed by atoms with Gasteiger partial charge in [0.15, 0.2) is 5.82 Å². The van der Waals surface area contributed by atoms with E-state index in [1.54, 1.807) is 24.2 Å². The van der Waals surface area contributed by atoms with Gasteiger partial charge in [-0.2, -0.15) is 0 Å². The number of anilines is 2. The van der Waals surface area contributed by atoms with Gasteiger partial charge in [-0.1, -0.05) is 24.8 Å². The minimum absolute atomic E-state index is 0.00484. The van der Waals surface area contributed by atoms with Gasteiger partial charge in [-0.05, 0) is 49.9 Å². The Labute approximate surface area is 192 Å². The van der Waals surface area contributed by atoms with Crippen molar-refractivity contribution in [1.29, 1.82) is 0 Å². The molecule has 1 amide bonds. The number of carboxylic acids is 1. The van der Waals surface area contributed by atoms with Gasteiger partial charge in [0, 0.05) is 36.4 Å². The quantitative estimate of drug-likeness (QED) is 0.444. The van der Waals surface area contributed by atoms with Crippen molar-refractivity contribution in [1.82, 2.24) is 20.2 Å². The number of benzene rings is 1. The highest BCUT2D eigenvalue weighted by Crippen LogP contribution is 2.42. The molecule has 0 bridgehead atoms. The minimum atomic E-state index is -0.677. The Morgan fingerprint density at radius 3 is 2.97 bits per heavy atom. The van der Waals surface area contributed by atoms with Crippen molar-refractivity contribution < 1.29 is 14.7 Å². The van der Waals surface area contributed by atoms with Crippen molar-refractivity contribution in [2.24, 2.45) is 5.92 Å². The molecule has 1 aromatic carbocycles. The molecule has 2 atom stereocenters. The molecule has 32 heavy (non-hydrogen) atoms. The zero-order valence-electron chi connectivity index (χ0n) is 18.2. The summed E-state index contributed by atoms with van der Waals surface area (Å²) in [4.78, 5) is 35.8. The molecule has 2 aromatic rings. The van der Waals surface area contributed by atoms with Gasteiger partial charge in [-0.25, -0.2) is 9.97 Å². The van der Waals surface area contributed by atoms with E-state index in [0.717, 1.165) is 59.3 Å². The molecule has 2 aliphatic heterocycles. The van der Waals surface area contributed by atoms with E-state index in [1.807, 2.05) is 18.2 Å². The number of carboxylic acid groups (broad SMARTS) is 1. The standard InChI is InChI=1S/C23H29N5O3S/c1-2-17-14-16(23(30)31)6-11-28(17)10-3-7-24-20(29)13-15-4-5-19-18(12-15)27-21-22(32-19)26-9-8-25-21/h4-5,8-9,12,16-17H,2-3,6-7,10-11,13-14H2,1H3,(H,24,29)(H,25,27)(H,30,31). The molecule has 4 rings (SSSR count). The summed E-state index contributed by atoms with van der Waals surface area (Å²) in [6.45, 7) is 4.43. The number of hydrogen-bond donors (Lipinski definition) is 3. The fraction of sp³-hybridized carbons (Fsp3) is 0.478. The molecular weight excluding hydrogens is 426 g/mol. The molecule has 0 saturated carbocycles. The van der Waals surface area contributed by atoms with Crippen molar-refractivity contribution in [3.63, 3.8) is 0 Å². The number of piperidine rings is 1. The molecule has 1 aromatic heterocycles. The summed E-state index contributed by atoms with van der Waals surface area (Å²) < 4.78 is 0. The lowest BCUT2D eigenvalue weighted by molar-refractivity contribution is -0.144. The molecule has 0 aliphatic carbocycles. The first kappa shape index (κ1) is 22.5. The second-order valence-electron chi connectivity index (χ2n) is 8.31. The number of aromatic nitrogens is 2. The Bertz CT molecular complexity index is 986. The molecule has 170 valence electrons. The predicted octanol–water partition coefficient (Wildman–Crippen LogP) is 3.31. The molecule has 3 N–H and O–H groups in total. The third-order valence-corrected chi connectivity index (χ3v) is 7.20. The molecule has 0 spiro atoms. The van der Waals surface area contributed by atoms with Gasteiger partial charge >= 0.3 is 5.97 Å². The predicted molar refractivity (Wildman–Crippen MR) is 123 cm³/mol. The van der Waals surface area contributed by atoms with Crippen molar-refractivity contribution in [3.05, 3.63) is 36.2 Å². The van der Waals surface area contributed by atoms with Gasteiger partial charge in [-0.15, -0.1) is 0 Å². The van der Waals surface area contributed by atoms with Gasteiger partial charge < -0.3 is 20.6 Å². The van der Waals surface area contributed by atoms with Crippen LogP contribution in [0.4, 0.5) is 11.5 Å². The first-order valence-corrected chi connectivity index (χ1v) is 12.0. The van der Waals surface area contributed by atoms with E-state index in [2.05, 4.69) is 32.4 Å². The van der Waals surface area contributed by atoms with Gasteiger partial charge in [-0.3, -0.25) is 9.59 Å². The number of rotatable bonds is 8. The van der Waals surface area contributed by atoms with E-state index in [-0.39, 0.29) is 11.8 Å². The second kappa shape index (κ2) is 10.3. The number of hydrogen-bond acceptors (Lipinski definition) is 7. The van der Waals surface area contributed by atoms with Gasteiger partial charge in [0.05, 0.1) is 18.0 Å². The zero-order chi connectivity index (χ0) is 22.5. The van der Waals surface area contributed by atoms with Crippen LogP contribution < -0.4 is 10.6 Å². The summed E-state index contributed by atoms with van der Waals surface area (Å²) in [6, 6.07) is 6.31. The lowest BCUT2D eigenvalue weighted by atomic mass is 9.89. The summed E-state index contributed by atoms with van der Waals surface area (Å²) in [7, 11) is 0. The lowest BCUT2D eigenvalue weighted by Gasteiger charge is -2.37. The van der Waals surface area contributed by atoms with Crippen LogP contribution >= 0.6 is 11.8 Å². The van der Waals surface area contributed by atoms with Crippen LogP contribution in [0.3, 0.4) is 0 Å². The Morgan fingerprint density at radius 2 is 2.16 bits per heavy atom. The van der Waals surface area contributed by atoms with Crippen LogP contribution in [-0.4, -0.2) is 57.5 Å². The topological polar surface area (TPSA) is 107 Å². The maximum atomic E-state index is 12.4. The number of nitrogens with zero attached hydrogens (tertiary/aromatic N) is 3. The number of amides is 1. The number of carbonyl (C=O) groups excluding carboxylic acids is 1. The van der Waals surface area contributed by atoms with Crippen LogP contribution in [0.5, 0.6) is 0 Å². The zero-order valence-corrected chi connectivity index (χ0v) is 19.0. The largest absolute Gasteiger partial charge is 0.481 e. The van der Waals surface area contributed by atoms with Crippen LogP contribution in [0.15, 0.2) is 40.5 Å². The number of nitrogens with one attached hydrogen (secondary N) is 2. The van der Waals surface area contributed by atoms with Crippen LogP contribution in [0, 0.1) is 5.92 Å². The third-order valence-electron chi connectivity index (χ3n) is 6.14. The van der Waals surface area contributed by atoms with Crippen molar-refractivity contribution in [2.45, 2.75) is 55.0 Å². The number of carbonyl (C=O) groups is 2. The first-order chi connectivity index (χ1) is 15.5. The Kier molecular flexibility index (Phi) is 7.26. The van der Waals surface area contributed by atoms with E-state index in [0.29, 0.717) is 25.4 Å². The third kappa shape index (κ3) is 5.39. The molecule has 1 fully saturated rings. The Hall–Kier alpha value is -2.65. The van der Waals surface area contributed by atoms with Gasteiger partial charge in [0.1, 0.15) is 5.03 Å². The molecule has 2 unspecified atom stereocenters. The molecule has 1 saturated heterocycles. The SMILES string of the molecule is CCC1CC(C(=O)O)CCN1CCCNC(=O)Cc1ccc2c(c1)Nc1nccnc1S2. The van der Waals surface area contributed by atoms with E-state index >= 15 is 0 Å². The summed E-state index contributed by atoms with van der Waals surface area (Å²) in [6.07, 6.45) is 6.91. The number of likely N-dealkylation sites (tertiary alicyclic amines) is 1. The summed E-state index contributed by atoms with van der Waals surface area (Å²) >= 11 is 1.57. The highest BCUT2D eigenvalue weighted by Gasteiger charge is 2.30. The fourth-order valence-electron chi connectivity index (χ4n) is 4.39. The highest BCUT2D eigenvalue weighted by atomic mass is 32.2. The monoisotopic (exact) mass is 455 g/mol. The molecule has 3 heterocycles. The van der Waals surface area contributed by atoms with Crippen LogP contribution in [0.25, 0.3) is 0 Å². The van der Waals surface area contributed by atoms with E-state index in [1.165, 1.54) is 0 Å². The summed E-state index contributed by atoms with van der Waals surface area (Å²) in [5.74, 6) is -0.154. The minimum Gasteiger partial charge on any atom is -0.481 e. The maximum absolute atomic E-state index is 12.4. The van der Waals surface area contributed by atoms with Crippen LogP contribution in [0.1, 0.15) is 38.2 Å². The van der Waals surface area contributed by atoms with E-state index in [9.17, 15) is 14.7 Å². The van der Waals surface area contributed by atoms with E-state index in [4.69, 9.17) is 0 Å².